The summed E-state index contributed by atoms with van der Waals surface area (Å²) < 4.78 is 6.39. The predicted octanol–water partition coefficient (Wildman–Crippen LogP) is 9.69. The number of carbonyl (C=O) groups is 2. The van der Waals surface area contributed by atoms with E-state index in [1.807, 2.05) is 6.08 Å². The number of terminal acetylenes is 1. The van der Waals surface area contributed by atoms with Gasteiger partial charge >= 0.3 is 5.97 Å². The van der Waals surface area contributed by atoms with Gasteiger partial charge in [-0.2, -0.15) is 0 Å². The van der Waals surface area contributed by atoms with Gasteiger partial charge in [0.15, 0.2) is 11.4 Å². The summed E-state index contributed by atoms with van der Waals surface area (Å²) in [7, 11) is 0. The van der Waals surface area contributed by atoms with Crippen molar-refractivity contribution in [1.29, 1.82) is 0 Å². The molecule has 4 aliphatic carbocycles. The molecule has 40 heavy (non-hydrogen) atoms. The Kier molecular flexibility index (Phi) is 11.2. The first-order chi connectivity index (χ1) is 19.4. The number of ketones is 1. The standard InChI is InChI=1S/C37H56O3/c1-5-8-9-10-11-12-13-14-15-16-17-18-19-34(39)40-37(7-3)25-24-33-32-22-20-29-26-30(38)21-23-31(29)35(32)28(4)27-36(33,37)6-2/h3,26,31-33,35H,4-6,8-25,27H2,1-2H3/t31-,32-,33-,35+,36-,37-/m0/s1. The number of hydrogen-bond acceptors (Lipinski definition) is 3. The van der Waals surface area contributed by atoms with Crippen LogP contribution in [0.3, 0.4) is 0 Å². The van der Waals surface area contributed by atoms with E-state index in [1.54, 1.807) is 0 Å². The van der Waals surface area contributed by atoms with Crippen molar-refractivity contribution < 1.29 is 14.3 Å². The fourth-order valence-electron chi connectivity index (χ4n) is 9.42. The lowest BCUT2D eigenvalue weighted by Crippen LogP contribution is -2.55. The van der Waals surface area contributed by atoms with Gasteiger partial charge in [0.2, 0.25) is 0 Å². The summed E-state index contributed by atoms with van der Waals surface area (Å²) in [4.78, 5) is 25.3. The van der Waals surface area contributed by atoms with Crippen LogP contribution in [0.5, 0.6) is 0 Å². The molecule has 0 aromatic heterocycles. The quantitative estimate of drug-likeness (QED) is 0.0885. The molecule has 0 aromatic rings. The summed E-state index contributed by atoms with van der Waals surface area (Å²) in [5.74, 6) is 5.17. The van der Waals surface area contributed by atoms with Crippen molar-refractivity contribution in [3.05, 3.63) is 23.8 Å². The summed E-state index contributed by atoms with van der Waals surface area (Å²) in [5.41, 5.74) is 1.62. The van der Waals surface area contributed by atoms with Crippen molar-refractivity contribution in [2.75, 3.05) is 0 Å². The predicted molar refractivity (Wildman–Crippen MR) is 165 cm³/mol. The van der Waals surface area contributed by atoms with Gasteiger partial charge in [0.25, 0.3) is 0 Å². The number of allylic oxidation sites excluding steroid dienone is 2. The Morgan fingerprint density at radius 2 is 1.62 bits per heavy atom. The Hall–Kier alpha value is -1.82. The Bertz CT molecular complexity index is 968. The van der Waals surface area contributed by atoms with Gasteiger partial charge in [-0.05, 0) is 81.1 Å². The lowest BCUT2D eigenvalue weighted by molar-refractivity contribution is -0.170. The Labute approximate surface area is 245 Å². The van der Waals surface area contributed by atoms with E-state index in [2.05, 4.69) is 26.3 Å². The van der Waals surface area contributed by atoms with E-state index < -0.39 is 5.60 Å². The Morgan fingerprint density at radius 1 is 0.975 bits per heavy atom. The molecule has 3 fully saturated rings. The Balaban J connectivity index is 1.27. The molecule has 0 aromatic carbocycles. The Morgan fingerprint density at radius 3 is 2.25 bits per heavy atom. The zero-order chi connectivity index (χ0) is 28.6. The van der Waals surface area contributed by atoms with E-state index in [4.69, 9.17) is 11.2 Å². The van der Waals surface area contributed by atoms with Gasteiger partial charge in [0.05, 0.1) is 0 Å². The van der Waals surface area contributed by atoms with Crippen LogP contribution in [0.25, 0.3) is 0 Å². The van der Waals surface area contributed by atoms with Crippen LogP contribution in [0.4, 0.5) is 0 Å². The minimum absolute atomic E-state index is 0.106. The molecule has 3 saturated carbocycles. The summed E-state index contributed by atoms with van der Waals surface area (Å²) in [6.45, 7) is 9.14. The topological polar surface area (TPSA) is 43.4 Å². The first-order valence-corrected chi connectivity index (χ1v) is 17.0. The highest BCUT2D eigenvalue weighted by Gasteiger charge is 2.66. The van der Waals surface area contributed by atoms with Gasteiger partial charge in [0, 0.05) is 18.3 Å². The second kappa shape index (κ2) is 14.4. The van der Waals surface area contributed by atoms with Gasteiger partial charge in [-0.1, -0.05) is 108 Å². The maximum atomic E-state index is 13.2. The van der Waals surface area contributed by atoms with Crippen molar-refractivity contribution >= 4 is 11.8 Å². The molecule has 0 spiro atoms. The molecule has 6 atom stereocenters. The molecule has 3 nitrogen and oxygen atoms in total. The molecule has 4 aliphatic rings. The molecular weight excluding hydrogens is 492 g/mol. The number of carbonyl (C=O) groups excluding carboxylic acids is 2. The molecular formula is C37H56O3. The molecule has 0 aliphatic heterocycles. The summed E-state index contributed by atoms with van der Waals surface area (Å²) in [5, 5.41) is 0. The molecule has 222 valence electrons. The number of rotatable bonds is 15. The van der Waals surface area contributed by atoms with Crippen molar-refractivity contribution in [2.45, 2.75) is 154 Å². The highest BCUT2D eigenvalue weighted by Crippen LogP contribution is 2.68. The van der Waals surface area contributed by atoms with Crippen LogP contribution in [0.15, 0.2) is 23.8 Å². The van der Waals surface area contributed by atoms with E-state index >= 15 is 0 Å². The lowest BCUT2D eigenvalue weighted by atomic mass is 9.48. The van der Waals surface area contributed by atoms with Gasteiger partial charge < -0.3 is 4.74 Å². The maximum absolute atomic E-state index is 13.2. The van der Waals surface area contributed by atoms with Crippen LogP contribution in [0, 0.1) is 41.4 Å². The second-order valence-corrected chi connectivity index (χ2v) is 13.6. The average molecular weight is 549 g/mol. The van der Waals surface area contributed by atoms with Crippen LogP contribution < -0.4 is 0 Å². The van der Waals surface area contributed by atoms with Crippen LogP contribution in [0.2, 0.25) is 0 Å². The number of hydrogen-bond donors (Lipinski definition) is 0. The second-order valence-electron chi connectivity index (χ2n) is 13.6. The third kappa shape index (κ3) is 6.47. The van der Waals surface area contributed by atoms with Gasteiger partial charge in [-0.25, -0.2) is 0 Å². The van der Waals surface area contributed by atoms with E-state index in [0.717, 1.165) is 57.8 Å². The van der Waals surface area contributed by atoms with Crippen molar-refractivity contribution in [2.24, 2.45) is 29.1 Å². The summed E-state index contributed by atoms with van der Waals surface area (Å²) in [6, 6.07) is 0. The molecule has 4 rings (SSSR count). The van der Waals surface area contributed by atoms with Gasteiger partial charge in [0.1, 0.15) is 0 Å². The molecule has 0 bridgehead atoms. The number of ether oxygens (including phenoxy) is 1. The molecule has 0 radical (unpaired) electrons. The molecule has 0 amide bonds. The van der Waals surface area contributed by atoms with Crippen molar-refractivity contribution in [1.82, 2.24) is 0 Å². The van der Waals surface area contributed by atoms with E-state index in [-0.39, 0.29) is 11.4 Å². The van der Waals surface area contributed by atoms with E-state index in [9.17, 15) is 9.59 Å². The normalized spacial score (nSPS) is 33.0. The van der Waals surface area contributed by atoms with Crippen LogP contribution in [-0.4, -0.2) is 17.4 Å². The number of fused-ring (bicyclic) bond motifs is 5. The van der Waals surface area contributed by atoms with Crippen LogP contribution in [-0.2, 0) is 14.3 Å². The molecule has 0 unspecified atom stereocenters. The zero-order valence-electron chi connectivity index (χ0n) is 25.7. The van der Waals surface area contributed by atoms with Crippen LogP contribution in [0.1, 0.15) is 149 Å². The lowest BCUT2D eigenvalue weighted by Gasteiger charge is -2.57. The zero-order valence-corrected chi connectivity index (χ0v) is 25.7. The highest BCUT2D eigenvalue weighted by atomic mass is 16.6. The average Bonchev–Trinajstić information content (AvgIpc) is 3.27. The third-order valence-corrected chi connectivity index (χ3v) is 11.4. The van der Waals surface area contributed by atoms with Crippen LogP contribution >= 0.6 is 0 Å². The highest BCUT2D eigenvalue weighted by molar-refractivity contribution is 5.91. The SMILES string of the molecule is C#C[C@]1(OC(=O)CCCCCCCCCCCCCC)CC[C@H]2[C@@H]3CCC4=CC(=O)CC[C@@H]4[C@H]3C(=C)C[C@@]21CC. The molecule has 3 heteroatoms. The third-order valence-electron chi connectivity index (χ3n) is 11.4. The minimum atomic E-state index is -0.812. The smallest absolute Gasteiger partial charge is 0.307 e. The maximum Gasteiger partial charge on any atom is 0.307 e. The molecule has 0 heterocycles. The van der Waals surface area contributed by atoms with E-state index in [0.29, 0.717) is 42.3 Å². The van der Waals surface area contributed by atoms with Crippen molar-refractivity contribution in [3.8, 4) is 12.3 Å². The first kappa shape index (κ1) is 31.1. The fourth-order valence-corrected chi connectivity index (χ4v) is 9.42. The van der Waals surface area contributed by atoms with E-state index in [1.165, 1.54) is 75.4 Å². The largest absolute Gasteiger partial charge is 0.445 e. The molecule has 0 N–H and O–H groups in total. The van der Waals surface area contributed by atoms with Gasteiger partial charge in [-0.3, -0.25) is 9.59 Å². The number of esters is 1. The summed E-state index contributed by atoms with van der Waals surface area (Å²) in [6.07, 6.45) is 31.4. The van der Waals surface area contributed by atoms with Gasteiger partial charge in [-0.15, -0.1) is 6.42 Å². The monoisotopic (exact) mass is 548 g/mol. The molecule has 0 saturated heterocycles. The van der Waals surface area contributed by atoms with Crippen molar-refractivity contribution in [3.63, 3.8) is 0 Å². The summed E-state index contributed by atoms with van der Waals surface area (Å²) >= 11 is 0. The fraction of sp³-hybridized carbons (Fsp3) is 0.784. The number of unbranched alkanes of at least 4 members (excludes halogenated alkanes) is 11. The minimum Gasteiger partial charge on any atom is -0.445 e. The first-order valence-electron chi connectivity index (χ1n) is 17.0.